The lowest BCUT2D eigenvalue weighted by atomic mass is 10.0. The molecule has 0 bridgehead atoms. The molecule has 0 radical (unpaired) electrons. The van der Waals surface area contributed by atoms with Crippen LogP contribution in [0.15, 0.2) is 12.2 Å². The molecule has 0 aromatic heterocycles. The van der Waals surface area contributed by atoms with E-state index in [-0.39, 0.29) is 19.5 Å². The number of aldehydes is 1. The molecule has 0 spiro atoms. The average Bonchev–Trinajstić information content (AvgIpc) is 2.89. The second-order valence-electron chi connectivity index (χ2n) is 7.79. The molecule has 0 rings (SSSR count). The van der Waals surface area contributed by atoms with Crippen LogP contribution in [-0.2, 0) is 19.2 Å². The lowest BCUT2D eigenvalue weighted by Gasteiger charge is -2.22. The third kappa shape index (κ3) is 38.1. The van der Waals surface area contributed by atoms with Crippen LogP contribution in [-0.4, -0.2) is 119 Å². The van der Waals surface area contributed by atoms with Gasteiger partial charge in [-0.1, -0.05) is 58.3 Å². The van der Waals surface area contributed by atoms with Gasteiger partial charge in [0.05, 0.1) is 19.8 Å². The monoisotopic (exact) mass is 558 g/mol. The van der Waals surface area contributed by atoms with E-state index in [4.69, 9.17) is 51.1 Å². The fraction of sp³-hybridized carbons (Fsp3) is 0.750. The first-order valence-corrected chi connectivity index (χ1v) is 12.2. The maximum absolute atomic E-state index is 10.2. The van der Waals surface area contributed by atoms with Crippen molar-refractivity contribution in [3.8, 4) is 0 Å². The van der Waals surface area contributed by atoms with Gasteiger partial charge in [-0.15, -0.1) is 0 Å². The van der Waals surface area contributed by atoms with Crippen molar-refractivity contribution in [2.45, 2.75) is 95.5 Å². The molecular weight excluding hydrogens is 512 g/mol. The van der Waals surface area contributed by atoms with Crippen LogP contribution in [0.5, 0.6) is 0 Å². The number of aliphatic carboxylic acids is 3. The van der Waals surface area contributed by atoms with Crippen LogP contribution >= 0.6 is 0 Å². The molecule has 4 unspecified atom stereocenters. The fourth-order valence-corrected chi connectivity index (χ4v) is 2.35. The van der Waals surface area contributed by atoms with E-state index in [2.05, 4.69) is 6.92 Å². The molecule has 4 atom stereocenters. The van der Waals surface area contributed by atoms with E-state index < -0.39 is 48.9 Å². The highest BCUT2D eigenvalue weighted by atomic mass is 16.4. The van der Waals surface area contributed by atoms with E-state index in [1.54, 1.807) is 0 Å². The van der Waals surface area contributed by atoms with Crippen LogP contribution in [0.2, 0.25) is 0 Å². The Bertz CT molecular complexity index is 579. The summed E-state index contributed by atoms with van der Waals surface area (Å²) in [5.41, 5.74) is 0. The number of carboxylic acid groups (broad SMARTS) is 3. The van der Waals surface area contributed by atoms with Crippen LogP contribution in [0.4, 0.5) is 0 Å². The first-order valence-electron chi connectivity index (χ1n) is 12.2. The van der Waals surface area contributed by atoms with E-state index in [0.29, 0.717) is 18.6 Å². The van der Waals surface area contributed by atoms with Gasteiger partial charge < -0.3 is 55.9 Å². The van der Waals surface area contributed by atoms with Gasteiger partial charge in [0.1, 0.15) is 24.4 Å². The molecule has 0 aromatic rings. The number of carboxylic acids is 3. The van der Waals surface area contributed by atoms with Gasteiger partial charge in [0.15, 0.2) is 6.29 Å². The summed E-state index contributed by atoms with van der Waals surface area (Å²) in [5, 5.41) is 82.8. The fourth-order valence-electron chi connectivity index (χ4n) is 2.35. The number of rotatable bonds is 18. The topological polar surface area (TPSA) is 271 Å². The van der Waals surface area contributed by atoms with Crippen molar-refractivity contribution in [3.05, 3.63) is 12.2 Å². The Hall–Kier alpha value is -2.46. The number of carbonyl (C=O) groups excluding carboxylic acids is 1. The molecule has 14 heteroatoms. The third-order valence-electron chi connectivity index (χ3n) is 4.38. The Labute approximate surface area is 222 Å². The zero-order valence-electron chi connectivity index (χ0n) is 21.8. The molecule has 38 heavy (non-hydrogen) atoms. The van der Waals surface area contributed by atoms with Gasteiger partial charge in [-0.25, -0.2) is 9.59 Å². The second kappa shape index (κ2) is 32.6. The molecule has 14 nitrogen and oxygen atoms in total. The number of hydrogen-bond donors (Lipinski definition) is 10. The Morgan fingerprint density at radius 3 is 1.34 bits per heavy atom. The largest absolute Gasteiger partial charge is 0.481 e. The quantitative estimate of drug-likeness (QED) is 0.0566. The van der Waals surface area contributed by atoms with E-state index in [0.717, 1.165) is 12.8 Å². The number of carbonyl (C=O) groups is 4. The zero-order chi connectivity index (χ0) is 30.4. The summed E-state index contributed by atoms with van der Waals surface area (Å²) < 4.78 is 0. The summed E-state index contributed by atoms with van der Waals surface area (Å²) in [6, 6.07) is 0. The summed E-state index contributed by atoms with van der Waals surface area (Å²) in [5.74, 6) is -3.17. The first kappa shape index (κ1) is 42.6. The molecule has 0 aromatic carbocycles. The van der Waals surface area contributed by atoms with Gasteiger partial charge in [-0.3, -0.25) is 4.79 Å². The number of aliphatic hydroxyl groups is 7. The molecule has 226 valence electrons. The van der Waals surface area contributed by atoms with Gasteiger partial charge in [-0.2, -0.15) is 0 Å². The van der Waals surface area contributed by atoms with E-state index in [1.807, 2.05) is 0 Å². The van der Waals surface area contributed by atoms with Crippen LogP contribution in [0.1, 0.15) is 71.1 Å². The maximum Gasteiger partial charge on any atom is 0.328 e. The van der Waals surface area contributed by atoms with Gasteiger partial charge in [-0.05, 0) is 6.42 Å². The van der Waals surface area contributed by atoms with Crippen molar-refractivity contribution in [1.29, 1.82) is 0 Å². The van der Waals surface area contributed by atoms with Gasteiger partial charge in [0.2, 0.25) is 0 Å². The predicted octanol–water partition coefficient (Wildman–Crippen LogP) is -0.704. The van der Waals surface area contributed by atoms with Crippen molar-refractivity contribution >= 4 is 24.2 Å². The molecule has 0 aliphatic rings. The lowest BCUT2D eigenvalue weighted by Crippen LogP contribution is -2.46. The highest BCUT2D eigenvalue weighted by molar-refractivity contribution is 5.89. The average molecular weight is 559 g/mol. The minimum absolute atomic E-state index is 0.0258. The van der Waals surface area contributed by atoms with Crippen molar-refractivity contribution in [2.75, 3.05) is 19.8 Å². The van der Waals surface area contributed by atoms with Gasteiger partial charge in [0, 0.05) is 18.6 Å². The van der Waals surface area contributed by atoms with Crippen molar-refractivity contribution < 1.29 is 70.2 Å². The smallest absolute Gasteiger partial charge is 0.328 e. The predicted molar refractivity (Wildman–Crippen MR) is 135 cm³/mol. The molecule has 0 heterocycles. The normalized spacial score (nSPS) is 13.3. The van der Waals surface area contributed by atoms with E-state index in [9.17, 15) is 19.2 Å². The molecule has 10 N–H and O–H groups in total. The Morgan fingerprint density at radius 1 is 0.658 bits per heavy atom. The van der Waals surface area contributed by atoms with Gasteiger partial charge >= 0.3 is 17.9 Å². The number of hydrogen-bond acceptors (Lipinski definition) is 11. The summed E-state index contributed by atoms with van der Waals surface area (Å²) in [4.78, 5) is 39.2. The third-order valence-corrected chi connectivity index (χ3v) is 4.38. The molecule has 0 aliphatic heterocycles. The van der Waals surface area contributed by atoms with E-state index in [1.165, 1.54) is 44.9 Å². The maximum atomic E-state index is 10.2. The minimum Gasteiger partial charge on any atom is -0.481 e. The van der Waals surface area contributed by atoms with Crippen LogP contribution in [0.3, 0.4) is 0 Å². The molecule has 0 saturated heterocycles. The van der Waals surface area contributed by atoms with Crippen molar-refractivity contribution in [1.82, 2.24) is 0 Å². The molecule has 0 aliphatic carbocycles. The Balaban J connectivity index is -0.000000219. The minimum atomic E-state index is -1.79. The van der Waals surface area contributed by atoms with Gasteiger partial charge in [0.25, 0.3) is 0 Å². The molecule has 0 amide bonds. The molecular formula is C24H46O14. The second-order valence-corrected chi connectivity index (χ2v) is 7.79. The Morgan fingerprint density at radius 2 is 1.05 bits per heavy atom. The van der Waals surface area contributed by atoms with Crippen molar-refractivity contribution in [2.24, 2.45) is 0 Å². The number of unbranched alkanes of at least 4 members (excludes halogenated alkanes) is 8. The highest BCUT2D eigenvalue weighted by Gasteiger charge is 2.29. The number of aliphatic hydroxyl groups excluding tert-OH is 7. The highest BCUT2D eigenvalue weighted by Crippen LogP contribution is 2.10. The first-order chi connectivity index (χ1) is 17.9. The van der Waals surface area contributed by atoms with Crippen LogP contribution < -0.4 is 0 Å². The standard InChI is InChI=1S/C12H24O2.C6H12O6.C4H4O4.C2H6O2/c1-2-3-4-5-6-7-8-9-10-11-12(13)14;7-1-3(9)5(11)6(12)4(10)2-8;5-3(6)1-2-4(7)8;3-1-2-4/h2-11H2,1H3,(H,13,14);1,3-6,8-12H,2H2;1-2H,(H,5,6)(H,7,8);3-4H,1-2H2/b;;2-1-;. The summed E-state index contributed by atoms with van der Waals surface area (Å²) in [6.07, 6.45) is 5.75. The summed E-state index contributed by atoms with van der Waals surface area (Å²) in [6.45, 7) is 1.22. The summed E-state index contributed by atoms with van der Waals surface area (Å²) in [7, 11) is 0. The Kier molecular flexibility index (Phi) is 36.5. The summed E-state index contributed by atoms with van der Waals surface area (Å²) >= 11 is 0. The lowest BCUT2D eigenvalue weighted by molar-refractivity contribution is -0.137. The van der Waals surface area contributed by atoms with Crippen LogP contribution in [0.25, 0.3) is 0 Å². The van der Waals surface area contributed by atoms with Crippen LogP contribution in [0, 0.1) is 0 Å². The van der Waals surface area contributed by atoms with E-state index >= 15 is 0 Å². The molecule has 0 fully saturated rings. The SMILES string of the molecule is CCCCCCCCCCCC(=O)O.O=C(O)/C=C\C(=O)O.O=CC(O)C(O)C(O)C(O)CO.OCCO. The van der Waals surface area contributed by atoms with Crippen molar-refractivity contribution in [3.63, 3.8) is 0 Å². The molecule has 0 saturated carbocycles. The zero-order valence-corrected chi connectivity index (χ0v) is 21.8.